The Labute approximate surface area is 120 Å². The molecule has 1 N–H and O–H groups in total. The van der Waals surface area contributed by atoms with Crippen molar-refractivity contribution >= 4 is 10.9 Å². The minimum absolute atomic E-state index is 0.538. The third kappa shape index (κ3) is 1.93. The maximum absolute atomic E-state index is 5.96. The van der Waals surface area contributed by atoms with Crippen LogP contribution in [0, 0.1) is 11.3 Å². The number of ether oxygens (including phenoxy) is 1. The monoisotopic (exact) mass is 269 g/mol. The van der Waals surface area contributed by atoms with E-state index in [1.165, 1.54) is 42.3 Å². The van der Waals surface area contributed by atoms with Gasteiger partial charge in [-0.05, 0) is 66.5 Å². The minimum atomic E-state index is 0.538. The molecule has 20 heavy (non-hydrogen) atoms. The molecule has 0 saturated heterocycles. The lowest BCUT2D eigenvalue weighted by atomic mass is 9.43. The molecule has 0 atom stereocenters. The first-order valence-electron chi connectivity index (χ1n) is 7.89. The van der Waals surface area contributed by atoms with Crippen LogP contribution in [0.5, 0.6) is 5.75 Å². The average molecular weight is 269 g/mol. The van der Waals surface area contributed by atoms with Crippen molar-refractivity contribution in [2.75, 3.05) is 6.61 Å². The number of nitrogens with one attached hydrogen (secondary N) is 1. The highest BCUT2D eigenvalue weighted by Gasteiger charge is 2.55. The Bertz CT molecular complexity index is 623. The zero-order chi connectivity index (χ0) is 13.7. The molecule has 0 aliphatic heterocycles. The van der Waals surface area contributed by atoms with E-state index in [2.05, 4.69) is 43.1 Å². The zero-order valence-electron chi connectivity index (χ0n) is 12.4. The second-order valence-corrected chi connectivity index (χ2v) is 7.21. The third-order valence-corrected chi connectivity index (χ3v) is 5.30. The lowest BCUT2D eigenvalue weighted by Gasteiger charge is -2.62. The van der Waals surface area contributed by atoms with Crippen LogP contribution in [0.4, 0.5) is 0 Å². The zero-order valence-corrected chi connectivity index (χ0v) is 12.4. The molecule has 0 unspecified atom stereocenters. The van der Waals surface area contributed by atoms with Crippen LogP contribution in [0.1, 0.15) is 51.1 Å². The first kappa shape index (κ1) is 12.3. The minimum Gasteiger partial charge on any atom is -0.493 e. The molecule has 3 aliphatic rings. The Morgan fingerprint density at radius 2 is 2.05 bits per heavy atom. The van der Waals surface area contributed by atoms with Crippen LogP contribution in [0.15, 0.2) is 24.3 Å². The largest absolute Gasteiger partial charge is 0.493 e. The highest BCUT2D eigenvalue weighted by molar-refractivity contribution is 5.82. The summed E-state index contributed by atoms with van der Waals surface area (Å²) in [6.07, 6.45) is 5.63. The summed E-state index contributed by atoms with van der Waals surface area (Å²) in [5.41, 5.74) is 3.18. The van der Waals surface area contributed by atoms with Gasteiger partial charge in [0.25, 0.3) is 0 Å². The van der Waals surface area contributed by atoms with Crippen molar-refractivity contribution in [3.8, 4) is 5.75 Å². The molecule has 0 amide bonds. The van der Waals surface area contributed by atoms with E-state index in [1.807, 2.05) is 0 Å². The number of aromatic nitrogens is 1. The maximum Gasteiger partial charge on any atom is 0.121 e. The highest BCUT2D eigenvalue weighted by atomic mass is 16.5. The van der Waals surface area contributed by atoms with Crippen molar-refractivity contribution in [1.82, 2.24) is 4.98 Å². The van der Waals surface area contributed by atoms with Crippen LogP contribution in [0.2, 0.25) is 0 Å². The SMILES string of the molecule is CC(C)c1cc2ccc(OCCC34CC(C3)C4)cc2[nH]1. The molecule has 2 heteroatoms. The Morgan fingerprint density at radius 3 is 2.70 bits per heavy atom. The van der Waals surface area contributed by atoms with Gasteiger partial charge in [0, 0.05) is 17.3 Å². The molecular formula is C18H23NO. The molecule has 3 fully saturated rings. The normalized spacial score (nSPS) is 27.4. The number of hydrogen-bond acceptors (Lipinski definition) is 1. The van der Waals surface area contributed by atoms with Crippen LogP contribution < -0.4 is 4.74 Å². The molecule has 1 aromatic carbocycles. The second kappa shape index (κ2) is 4.28. The highest BCUT2D eigenvalue weighted by Crippen LogP contribution is 2.66. The number of hydrogen-bond donors (Lipinski definition) is 1. The topological polar surface area (TPSA) is 25.0 Å². The van der Waals surface area contributed by atoms with E-state index in [9.17, 15) is 0 Å². The molecule has 0 radical (unpaired) electrons. The first-order chi connectivity index (χ1) is 9.63. The van der Waals surface area contributed by atoms with E-state index in [0.29, 0.717) is 11.3 Å². The average Bonchev–Trinajstić information content (AvgIpc) is 2.73. The number of fused-ring (bicyclic) bond motifs is 1. The molecule has 3 saturated carbocycles. The predicted molar refractivity (Wildman–Crippen MR) is 82.3 cm³/mol. The molecular weight excluding hydrogens is 246 g/mol. The van der Waals surface area contributed by atoms with Crippen molar-refractivity contribution in [1.29, 1.82) is 0 Å². The van der Waals surface area contributed by atoms with Gasteiger partial charge in [-0.15, -0.1) is 0 Å². The van der Waals surface area contributed by atoms with Gasteiger partial charge in [-0.1, -0.05) is 13.8 Å². The summed E-state index contributed by atoms with van der Waals surface area (Å²) < 4.78 is 5.96. The van der Waals surface area contributed by atoms with Crippen molar-refractivity contribution < 1.29 is 4.74 Å². The quantitative estimate of drug-likeness (QED) is 0.823. The third-order valence-electron chi connectivity index (χ3n) is 5.30. The lowest BCUT2D eigenvalue weighted by molar-refractivity contribution is -0.117. The van der Waals surface area contributed by atoms with E-state index in [1.54, 1.807) is 0 Å². The van der Waals surface area contributed by atoms with Gasteiger partial charge < -0.3 is 9.72 Å². The van der Waals surface area contributed by atoms with Gasteiger partial charge >= 0.3 is 0 Å². The Morgan fingerprint density at radius 1 is 1.25 bits per heavy atom. The summed E-state index contributed by atoms with van der Waals surface area (Å²) in [5, 5.41) is 1.28. The summed E-state index contributed by atoms with van der Waals surface area (Å²) in [5.74, 6) is 2.61. The van der Waals surface area contributed by atoms with Crippen molar-refractivity contribution in [2.45, 2.75) is 45.4 Å². The van der Waals surface area contributed by atoms with E-state index < -0.39 is 0 Å². The molecule has 1 heterocycles. The van der Waals surface area contributed by atoms with Crippen LogP contribution >= 0.6 is 0 Å². The maximum atomic E-state index is 5.96. The molecule has 3 aliphatic carbocycles. The summed E-state index contributed by atoms with van der Waals surface area (Å²) >= 11 is 0. The standard InChI is InChI=1S/C18H23NO/c1-12(2)16-7-14-3-4-15(8-17(14)19-16)20-6-5-18-9-13(10-18)11-18/h3-4,7-8,12-13,19H,5-6,9-11H2,1-2H3. The van der Waals surface area contributed by atoms with Gasteiger partial charge in [0.15, 0.2) is 0 Å². The van der Waals surface area contributed by atoms with Crippen molar-refractivity contribution in [2.24, 2.45) is 11.3 Å². The molecule has 0 spiro atoms. The molecule has 2 bridgehead atoms. The summed E-state index contributed by atoms with van der Waals surface area (Å²) in [6.45, 7) is 5.30. The van der Waals surface area contributed by atoms with Crippen LogP contribution in [0.3, 0.4) is 0 Å². The number of benzene rings is 1. The summed E-state index contributed by atoms with van der Waals surface area (Å²) in [6, 6.07) is 8.64. The summed E-state index contributed by atoms with van der Waals surface area (Å²) in [4.78, 5) is 3.49. The molecule has 106 valence electrons. The van der Waals surface area contributed by atoms with E-state index in [0.717, 1.165) is 18.3 Å². The van der Waals surface area contributed by atoms with Crippen molar-refractivity contribution in [3.63, 3.8) is 0 Å². The Balaban J connectivity index is 1.43. The van der Waals surface area contributed by atoms with Crippen LogP contribution in [-0.4, -0.2) is 11.6 Å². The second-order valence-electron chi connectivity index (χ2n) is 7.21. The molecule has 2 nitrogen and oxygen atoms in total. The fourth-order valence-electron chi connectivity index (χ4n) is 3.88. The van der Waals surface area contributed by atoms with Gasteiger partial charge in [0.2, 0.25) is 0 Å². The number of H-pyrrole nitrogens is 1. The van der Waals surface area contributed by atoms with Crippen LogP contribution in [-0.2, 0) is 0 Å². The van der Waals surface area contributed by atoms with Gasteiger partial charge in [-0.2, -0.15) is 0 Å². The number of aromatic amines is 1. The Hall–Kier alpha value is -1.44. The lowest BCUT2D eigenvalue weighted by Crippen LogP contribution is -2.52. The summed E-state index contributed by atoms with van der Waals surface area (Å²) in [7, 11) is 0. The van der Waals surface area contributed by atoms with E-state index in [4.69, 9.17) is 4.74 Å². The predicted octanol–water partition coefficient (Wildman–Crippen LogP) is 4.86. The van der Waals surface area contributed by atoms with Gasteiger partial charge in [-0.25, -0.2) is 0 Å². The smallest absolute Gasteiger partial charge is 0.121 e. The van der Waals surface area contributed by atoms with Crippen molar-refractivity contribution in [3.05, 3.63) is 30.0 Å². The fourth-order valence-corrected chi connectivity index (χ4v) is 3.88. The van der Waals surface area contributed by atoms with Gasteiger partial charge in [-0.3, -0.25) is 0 Å². The number of rotatable bonds is 5. The molecule has 2 aromatic rings. The Kier molecular flexibility index (Phi) is 2.63. The molecule has 5 rings (SSSR count). The van der Waals surface area contributed by atoms with E-state index in [-0.39, 0.29) is 0 Å². The first-order valence-corrected chi connectivity index (χ1v) is 7.89. The molecule has 1 aromatic heterocycles. The van der Waals surface area contributed by atoms with Gasteiger partial charge in [0.1, 0.15) is 5.75 Å². The van der Waals surface area contributed by atoms with Gasteiger partial charge in [0.05, 0.1) is 6.61 Å². The fraction of sp³-hybridized carbons (Fsp3) is 0.556. The van der Waals surface area contributed by atoms with E-state index >= 15 is 0 Å². The van der Waals surface area contributed by atoms with Crippen LogP contribution in [0.25, 0.3) is 10.9 Å².